The number of piperazine rings is 1. The molecule has 1 aliphatic rings. The highest BCUT2D eigenvalue weighted by Crippen LogP contribution is 2.23. The Labute approximate surface area is 183 Å². The highest BCUT2D eigenvalue weighted by molar-refractivity contribution is 6.30. The number of likely N-dealkylation sites (N-methyl/N-ethyl adjacent to an activating group) is 1. The molecule has 2 amide bonds. The molecule has 0 spiro atoms. The predicted octanol–water partition coefficient (Wildman–Crippen LogP) is 2.25. The maximum absolute atomic E-state index is 12.8. The van der Waals surface area contributed by atoms with Gasteiger partial charge in [-0.15, -0.1) is 0 Å². The van der Waals surface area contributed by atoms with Crippen LogP contribution in [0.5, 0.6) is 0 Å². The van der Waals surface area contributed by atoms with Crippen molar-refractivity contribution in [3.63, 3.8) is 0 Å². The molecule has 1 heterocycles. The normalized spacial score (nSPS) is 16.1. The number of nitrogens with zero attached hydrogens (tertiary/aromatic N) is 3. The number of halogens is 1. The fraction of sp³-hybridized carbons (Fsp3) is 0.391. The lowest BCUT2D eigenvalue weighted by Gasteiger charge is -2.34. The summed E-state index contributed by atoms with van der Waals surface area (Å²) in [5, 5.41) is 3.85. The van der Waals surface area contributed by atoms with Crippen LogP contribution in [0, 0.1) is 0 Å². The Balaban J connectivity index is 1.58. The summed E-state index contributed by atoms with van der Waals surface area (Å²) in [6.45, 7) is 3.88. The van der Waals surface area contributed by atoms with Crippen LogP contribution < -0.4 is 5.32 Å². The van der Waals surface area contributed by atoms with Gasteiger partial charge in [0.1, 0.15) is 0 Å². The first-order valence-corrected chi connectivity index (χ1v) is 10.5. The van der Waals surface area contributed by atoms with Crippen molar-refractivity contribution in [3.8, 4) is 0 Å². The van der Waals surface area contributed by atoms with Crippen LogP contribution in [0.2, 0.25) is 5.02 Å². The van der Waals surface area contributed by atoms with E-state index in [0.29, 0.717) is 18.1 Å². The van der Waals surface area contributed by atoms with E-state index in [1.54, 1.807) is 19.0 Å². The van der Waals surface area contributed by atoms with E-state index >= 15 is 0 Å². The Morgan fingerprint density at radius 1 is 0.900 bits per heavy atom. The molecular weight excluding hydrogens is 400 g/mol. The van der Waals surface area contributed by atoms with Crippen LogP contribution in [-0.4, -0.2) is 79.9 Å². The summed E-state index contributed by atoms with van der Waals surface area (Å²) in [4.78, 5) is 30.6. The lowest BCUT2D eigenvalue weighted by atomic mass is 9.98. The van der Waals surface area contributed by atoms with Crippen LogP contribution in [-0.2, 0) is 9.59 Å². The smallest absolute Gasteiger partial charge is 0.236 e. The lowest BCUT2D eigenvalue weighted by Crippen LogP contribution is -2.51. The fourth-order valence-corrected chi connectivity index (χ4v) is 3.63. The zero-order valence-electron chi connectivity index (χ0n) is 17.6. The van der Waals surface area contributed by atoms with Crippen molar-refractivity contribution in [2.45, 2.75) is 6.04 Å². The van der Waals surface area contributed by atoms with Gasteiger partial charge in [0.2, 0.25) is 11.8 Å². The molecule has 0 unspecified atom stereocenters. The molecule has 0 radical (unpaired) electrons. The van der Waals surface area contributed by atoms with E-state index in [1.807, 2.05) is 54.6 Å². The average Bonchev–Trinajstić information content (AvgIpc) is 2.75. The molecule has 1 atom stereocenters. The van der Waals surface area contributed by atoms with Crippen molar-refractivity contribution in [3.05, 3.63) is 70.7 Å². The maximum Gasteiger partial charge on any atom is 0.236 e. The quantitative estimate of drug-likeness (QED) is 0.735. The molecule has 2 aromatic carbocycles. The summed E-state index contributed by atoms with van der Waals surface area (Å²) < 4.78 is 0. The van der Waals surface area contributed by atoms with Crippen molar-refractivity contribution >= 4 is 23.4 Å². The Morgan fingerprint density at radius 2 is 1.43 bits per heavy atom. The van der Waals surface area contributed by atoms with Crippen molar-refractivity contribution in [1.82, 2.24) is 20.0 Å². The second-order valence-electron chi connectivity index (χ2n) is 7.80. The molecule has 2 aromatic rings. The van der Waals surface area contributed by atoms with Gasteiger partial charge in [-0.05, 0) is 23.3 Å². The first-order valence-electron chi connectivity index (χ1n) is 10.2. The second kappa shape index (κ2) is 10.6. The zero-order chi connectivity index (χ0) is 21.5. The minimum atomic E-state index is -0.227. The predicted molar refractivity (Wildman–Crippen MR) is 119 cm³/mol. The van der Waals surface area contributed by atoms with Crippen LogP contribution in [0.15, 0.2) is 54.6 Å². The number of rotatable bonds is 7. The van der Waals surface area contributed by atoms with E-state index in [2.05, 4.69) is 15.1 Å². The first-order chi connectivity index (χ1) is 14.4. The van der Waals surface area contributed by atoms with Gasteiger partial charge in [0.25, 0.3) is 0 Å². The van der Waals surface area contributed by atoms with E-state index in [4.69, 9.17) is 11.6 Å². The van der Waals surface area contributed by atoms with Gasteiger partial charge in [0, 0.05) is 45.3 Å². The Bertz CT molecular complexity index is 834. The fourth-order valence-electron chi connectivity index (χ4n) is 3.51. The molecule has 1 fully saturated rings. The van der Waals surface area contributed by atoms with Gasteiger partial charge in [-0.3, -0.25) is 19.4 Å². The number of benzene rings is 2. The number of hydrogen-bond acceptors (Lipinski definition) is 4. The SMILES string of the molecule is CN(C)C(=O)CN1CCN(CC(=O)N[C@H](c2ccccc2)c2ccc(Cl)cc2)CC1. The molecule has 1 saturated heterocycles. The molecule has 0 bridgehead atoms. The largest absolute Gasteiger partial charge is 0.348 e. The number of carbonyl (C=O) groups excluding carboxylic acids is 2. The van der Waals surface area contributed by atoms with Gasteiger partial charge in [0.05, 0.1) is 19.1 Å². The molecule has 160 valence electrons. The monoisotopic (exact) mass is 428 g/mol. The summed E-state index contributed by atoms with van der Waals surface area (Å²) >= 11 is 6.04. The van der Waals surface area contributed by atoms with Crippen LogP contribution in [0.1, 0.15) is 17.2 Å². The van der Waals surface area contributed by atoms with Gasteiger partial charge in [-0.25, -0.2) is 0 Å². The summed E-state index contributed by atoms with van der Waals surface area (Å²) in [5.74, 6) is 0.0893. The molecule has 3 rings (SSSR count). The third-order valence-corrected chi connectivity index (χ3v) is 5.58. The van der Waals surface area contributed by atoms with Crippen molar-refractivity contribution < 1.29 is 9.59 Å². The molecule has 7 heteroatoms. The third-order valence-electron chi connectivity index (χ3n) is 5.33. The highest BCUT2D eigenvalue weighted by atomic mass is 35.5. The summed E-state index contributed by atoms with van der Waals surface area (Å²) in [6, 6.07) is 17.3. The highest BCUT2D eigenvalue weighted by Gasteiger charge is 2.23. The second-order valence-corrected chi connectivity index (χ2v) is 8.24. The van der Waals surface area contributed by atoms with Crippen LogP contribution in [0.4, 0.5) is 0 Å². The van der Waals surface area contributed by atoms with Crippen LogP contribution in [0.3, 0.4) is 0 Å². The number of carbonyl (C=O) groups is 2. The maximum atomic E-state index is 12.8. The van der Waals surface area contributed by atoms with Crippen molar-refractivity contribution in [2.24, 2.45) is 0 Å². The molecule has 1 N–H and O–H groups in total. The van der Waals surface area contributed by atoms with Crippen molar-refractivity contribution in [2.75, 3.05) is 53.4 Å². The molecule has 1 aliphatic heterocycles. The van der Waals surface area contributed by atoms with Crippen molar-refractivity contribution in [1.29, 1.82) is 0 Å². The Morgan fingerprint density at radius 3 is 2.00 bits per heavy atom. The van der Waals surface area contributed by atoms with Gasteiger partial charge < -0.3 is 10.2 Å². The Kier molecular flexibility index (Phi) is 7.85. The third kappa shape index (κ3) is 6.29. The molecule has 6 nitrogen and oxygen atoms in total. The van der Waals surface area contributed by atoms with Gasteiger partial charge >= 0.3 is 0 Å². The van der Waals surface area contributed by atoms with E-state index in [0.717, 1.165) is 37.3 Å². The number of nitrogens with one attached hydrogen (secondary N) is 1. The van der Waals surface area contributed by atoms with E-state index in [9.17, 15) is 9.59 Å². The first kappa shape index (κ1) is 22.3. The van der Waals surface area contributed by atoms with Crippen LogP contribution in [0.25, 0.3) is 0 Å². The van der Waals surface area contributed by atoms with E-state index in [-0.39, 0.29) is 17.9 Å². The van der Waals surface area contributed by atoms with Gasteiger partial charge in [0.15, 0.2) is 0 Å². The molecule has 0 aromatic heterocycles. The van der Waals surface area contributed by atoms with Gasteiger partial charge in [-0.1, -0.05) is 54.1 Å². The summed E-state index contributed by atoms with van der Waals surface area (Å²) in [7, 11) is 3.54. The summed E-state index contributed by atoms with van der Waals surface area (Å²) in [6.07, 6.45) is 0. The van der Waals surface area contributed by atoms with E-state index < -0.39 is 0 Å². The minimum absolute atomic E-state index is 0.0170. The zero-order valence-corrected chi connectivity index (χ0v) is 18.3. The minimum Gasteiger partial charge on any atom is -0.348 e. The lowest BCUT2D eigenvalue weighted by molar-refractivity contribution is -0.131. The number of amides is 2. The van der Waals surface area contributed by atoms with Gasteiger partial charge in [-0.2, -0.15) is 0 Å². The topological polar surface area (TPSA) is 55.9 Å². The number of hydrogen-bond donors (Lipinski definition) is 1. The Hall–Kier alpha value is -2.41. The molecule has 0 saturated carbocycles. The standard InChI is InChI=1S/C23H29ClN4O2/c1-26(2)22(30)17-28-14-12-27(13-15-28)16-21(29)25-23(18-6-4-3-5-7-18)19-8-10-20(24)11-9-19/h3-11,23H,12-17H2,1-2H3,(H,25,29)/t23-/m1/s1. The molecule has 30 heavy (non-hydrogen) atoms. The summed E-state index contributed by atoms with van der Waals surface area (Å²) in [5.41, 5.74) is 2.02. The molecular formula is C23H29ClN4O2. The molecule has 0 aliphatic carbocycles. The average molecular weight is 429 g/mol. The van der Waals surface area contributed by atoms with Crippen LogP contribution >= 0.6 is 11.6 Å². The van der Waals surface area contributed by atoms with E-state index in [1.165, 1.54) is 0 Å².